The zero-order valence-electron chi connectivity index (χ0n) is 10.2. The number of anilines is 2. The SMILES string of the molecule is Nc1cc(S(=O)(=O)Nc2ccc(Cl)cc2I)c(Cl)cc1F. The molecule has 0 saturated carbocycles. The number of benzene rings is 2. The Morgan fingerprint density at radius 3 is 2.48 bits per heavy atom. The van der Waals surface area contributed by atoms with Gasteiger partial charge in [-0.1, -0.05) is 23.2 Å². The molecule has 0 aliphatic rings. The van der Waals surface area contributed by atoms with E-state index < -0.39 is 15.8 Å². The van der Waals surface area contributed by atoms with Crippen molar-refractivity contribution < 1.29 is 12.8 Å². The molecule has 2 aromatic rings. The maximum Gasteiger partial charge on any atom is 0.263 e. The van der Waals surface area contributed by atoms with Crippen molar-refractivity contribution in [3.63, 3.8) is 0 Å². The Morgan fingerprint density at radius 2 is 1.86 bits per heavy atom. The summed E-state index contributed by atoms with van der Waals surface area (Å²) in [6.45, 7) is 0. The number of hydrogen-bond donors (Lipinski definition) is 2. The molecular weight excluding hydrogens is 453 g/mol. The van der Waals surface area contributed by atoms with Gasteiger partial charge >= 0.3 is 0 Å². The smallest absolute Gasteiger partial charge is 0.263 e. The zero-order chi connectivity index (χ0) is 15.8. The number of sulfonamides is 1. The summed E-state index contributed by atoms with van der Waals surface area (Å²) in [5.74, 6) is -0.778. The third kappa shape index (κ3) is 3.71. The fourth-order valence-electron chi connectivity index (χ4n) is 1.52. The van der Waals surface area contributed by atoms with Gasteiger partial charge in [-0.3, -0.25) is 4.72 Å². The Labute approximate surface area is 144 Å². The minimum atomic E-state index is -4.00. The maximum absolute atomic E-state index is 13.2. The van der Waals surface area contributed by atoms with Crippen molar-refractivity contribution in [1.29, 1.82) is 0 Å². The van der Waals surface area contributed by atoms with Crippen LogP contribution in [0.3, 0.4) is 0 Å². The largest absolute Gasteiger partial charge is 0.396 e. The highest BCUT2D eigenvalue weighted by molar-refractivity contribution is 14.1. The first-order chi connectivity index (χ1) is 9.70. The van der Waals surface area contributed by atoms with Crippen LogP contribution >= 0.6 is 45.8 Å². The lowest BCUT2D eigenvalue weighted by atomic mass is 10.3. The topological polar surface area (TPSA) is 72.2 Å². The normalized spacial score (nSPS) is 11.4. The summed E-state index contributed by atoms with van der Waals surface area (Å²) in [5.41, 5.74) is 5.42. The number of nitrogen functional groups attached to an aromatic ring is 1. The summed E-state index contributed by atoms with van der Waals surface area (Å²) >= 11 is 13.5. The third-order valence-corrected chi connectivity index (χ3v) is 5.47. The first-order valence-corrected chi connectivity index (χ1v) is 8.75. The molecule has 9 heteroatoms. The average molecular weight is 461 g/mol. The van der Waals surface area contributed by atoms with E-state index in [0.29, 0.717) is 14.3 Å². The molecule has 0 bridgehead atoms. The predicted octanol–water partition coefficient (Wildman–Crippen LogP) is 4.12. The van der Waals surface area contributed by atoms with Crippen molar-refractivity contribution in [1.82, 2.24) is 0 Å². The van der Waals surface area contributed by atoms with E-state index in [1.54, 1.807) is 12.1 Å². The molecule has 0 aliphatic carbocycles. The van der Waals surface area contributed by atoms with E-state index >= 15 is 0 Å². The number of nitrogens with one attached hydrogen (secondary N) is 1. The molecule has 0 aliphatic heterocycles. The summed E-state index contributed by atoms with van der Waals surface area (Å²) in [4.78, 5) is -0.297. The van der Waals surface area contributed by atoms with Crippen LogP contribution in [0.15, 0.2) is 35.2 Å². The summed E-state index contributed by atoms with van der Waals surface area (Å²) < 4.78 is 40.8. The molecule has 3 N–H and O–H groups in total. The van der Waals surface area contributed by atoms with Crippen LogP contribution < -0.4 is 10.5 Å². The quantitative estimate of drug-likeness (QED) is 0.534. The summed E-state index contributed by atoms with van der Waals surface area (Å²) in [5, 5.41) is 0.226. The lowest BCUT2D eigenvalue weighted by molar-refractivity contribution is 0.600. The van der Waals surface area contributed by atoms with Crippen molar-refractivity contribution >= 4 is 67.2 Å². The summed E-state index contributed by atoms with van der Waals surface area (Å²) in [6, 6.07) is 6.49. The lowest BCUT2D eigenvalue weighted by Gasteiger charge is -2.12. The van der Waals surface area contributed by atoms with Crippen LogP contribution in [0.25, 0.3) is 0 Å². The Bertz CT molecular complexity index is 815. The average Bonchev–Trinajstić information content (AvgIpc) is 2.37. The Kier molecular flexibility index (Phi) is 4.86. The molecule has 0 saturated heterocycles. The van der Waals surface area contributed by atoms with Gasteiger partial charge in [-0.25, -0.2) is 12.8 Å². The van der Waals surface area contributed by atoms with Crippen molar-refractivity contribution in [3.05, 3.63) is 49.8 Å². The highest BCUT2D eigenvalue weighted by Gasteiger charge is 2.21. The molecule has 0 unspecified atom stereocenters. The van der Waals surface area contributed by atoms with Crippen LogP contribution in [0.5, 0.6) is 0 Å². The second-order valence-electron chi connectivity index (χ2n) is 4.03. The van der Waals surface area contributed by atoms with Crippen LogP contribution in [0.2, 0.25) is 10.0 Å². The first kappa shape index (κ1) is 16.6. The number of rotatable bonds is 3. The van der Waals surface area contributed by atoms with E-state index in [2.05, 4.69) is 4.72 Å². The van der Waals surface area contributed by atoms with E-state index in [-0.39, 0.29) is 15.6 Å². The third-order valence-electron chi connectivity index (χ3n) is 2.52. The lowest BCUT2D eigenvalue weighted by Crippen LogP contribution is -2.15. The highest BCUT2D eigenvalue weighted by atomic mass is 127. The molecule has 2 aromatic carbocycles. The molecule has 21 heavy (non-hydrogen) atoms. The van der Waals surface area contributed by atoms with Gasteiger partial charge in [0, 0.05) is 8.59 Å². The van der Waals surface area contributed by atoms with Gasteiger partial charge in [0.2, 0.25) is 0 Å². The molecule has 0 amide bonds. The molecule has 0 fully saturated rings. The van der Waals surface area contributed by atoms with Gasteiger partial charge in [0.1, 0.15) is 10.7 Å². The number of hydrogen-bond acceptors (Lipinski definition) is 3. The predicted molar refractivity (Wildman–Crippen MR) is 90.8 cm³/mol. The second kappa shape index (κ2) is 6.15. The molecule has 4 nitrogen and oxygen atoms in total. The molecule has 0 heterocycles. The molecule has 2 rings (SSSR count). The molecular formula is C12H8Cl2FIN2O2S. The standard InChI is InChI=1S/C12H8Cl2FIN2O2S/c13-6-1-2-11(9(16)3-6)18-21(19,20)12-5-10(17)8(15)4-7(12)14/h1-5,18H,17H2. The molecule has 0 radical (unpaired) electrons. The highest BCUT2D eigenvalue weighted by Crippen LogP contribution is 2.30. The van der Waals surface area contributed by atoms with Crippen molar-refractivity contribution in [2.24, 2.45) is 0 Å². The van der Waals surface area contributed by atoms with Crippen LogP contribution in [0.1, 0.15) is 0 Å². The number of halogens is 4. The van der Waals surface area contributed by atoms with Gasteiger partial charge in [0.25, 0.3) is 10.0 Å². The second-order valence-corrected chi connectivity index (χ2v) is 7.69. The van der Waals surface area contributed by atoms with Crippen LogP contribution in [0, 0.1) is 9.39 Å². The molecule has 0 spiro atoms. The van der Waals surface area contributed by atoms with Crippen LogP contribution in [-0.2, 0) is 10.0 Å². The Hall–Kier alpha value is -0.770. The van der Waals surface area contributed by atoms with Crippen molar-refractivity contribution in [2.75, 3.05) is 10.5 Å². The van der Waals surface area contributed by atoms with E-state index in [0.717, 1.165) is 12.1 Å². The molecule has 0 atom stereocenters. The van der Waals surface area contributed by atoms with Gasteiger partial charge in [-0.2, -0.15) is 0 Å². The van der Waals surface area contributed by atoms with E-state index in [9.17, 15) is 12.8 Å². The Morgan fingerprint density at radius 1 is 1.19 bits per heavy atom. The van der Waals surface area contributed by atoms with E-state index in [4.69, 9.17) is 28.9 Å². The maximum atomic E-state index is 13.2. The van der Waals surface area contributed by atoms with Crippen LogP contribution in [-0.4, -0.2) is 8.42 Å². The van der Waals surface area contributed by atoms with Crippen molar-refractivity contribution in [3.8, 4) is 0 Å². The van der Waals surface area contributed by atoms with Crippen LogP contribution in [0.4, 0.5) is 15.8 Å². The van der Waals surface area contributed by atoms with E-state index in [1.165, 1.54) is 6.07 Å². The van der Waals surface area contributed by atoms with Crippen molar-refractivity contribution in [2.45, 2.75) is 4.90 Å². The van der Waals surface area contributed by atoms with Gasteiger partial charge in [-0.05, 0) is 52.9 Å². The van der Waals surface area contributed by atoms with Gasteiger partial charge in [0.15, 0.2) is 0 Å². The minimum absolute atomic E-state index is 0.252. The monoisotopic (exact) mass is 460 g/mol. The molecule has 0 aromatic heterocycles. The van der Waals surface area contributed by atoms with Gasteiger partial charge in [0.05, 0.1) is 16.4 Å². The van der Waals surface area contributed by atoms with Gasteiger partial charge in [-0.15, -0.1) is 0 Å². The van der Waals surface area contributed by atoms with Gasteiger partial charge < -0.3 is 5.73 Å². The fourth-order valence-corrected chi connectivity index (χ4v) is 4.34. The Balaban J connectivity index is 2.46. The summed E-state index contributed by atoms with van der Waals surface area (Å²) in [6.07, 6.45) is 0. The zero-order valence-corrected chi connectivity index (χ0v) is 14.7. The number of nitrogens with two attached hydrogens (primary N) is 1. The molecule has 112 valence electrons. The summed E-state index contributed by atoms with van der Waals surface area (Å²) in [7, 11) is -4.00. The fraction of sp³-hybridized carbons (Fsp3) is 0. The first-order valence-electron chi connectivity index (χ1n) is 5.43. The van der Waals surface area contributed by atoms with E-state index in [1.807, 2.05) is 22.6 Å². The minimum Gasteiger partial charge on any atom is -0.396 e.